The first-order valence-corrected chi connectivity index (χ1v) is 6.27. The van der Waals surface area contributed by atoms with Crippen molar-refractivity contribution in [3.05, 3.63) is 12.7 Å². The monoisotopic (exact) mass is 282 g/mol. The van der Waals surface area contributed by atoms with Gasteiger partial charge in [0.2, 0.25) is 0 Å². The van der Waals surface area contributed by atoms with E-state index in [1.165, 1.54) is 6.08 Å². The molecule has 0 spiro atoms. The fourth-order valence-corrected chi connectivity index (χ4v) is 0.402. The van der Waals surface area contributed by atoms with Crippen molar-refractivity contribution >= 4 is 20.8 Å². The maximum atomic E-state index is 9.68. The Balaban J connectivity index is -0.000000181. The minimum Gasteiger partial charge on any atom is -0.397 e. The molecule has 0 heterocycles. The van der Waals surface area contributed by atoms with E-state index in [0.717, 1.165) is 0 Å². The van der Waals surface area contributed by atoms with Gasteiger partial charge in [-0.1, -0.05) is 6.08 Å². The van der Waals surface area contributed by atoms with Crippen LogP contribution >= 0.6 is 0 Å². The van der Waals surface area contributed by atoms with E-state index >= 15 is 0 Å². The molecule has 0 amide bonds. The molecule has 0 aromatic heterocycles. The van der Waals surface area contributed by atoms with Gasteiger partial charge in [0, 0.05) is 6.61 Å². The lowest BCUT2D eigenvalue weighted by Crippen LogP contribution is -2.02. The molecular formula is C5H14O9S2. The van der Waals surface area contributed by atoms with E-state index in [9.17, 15) is 8.42 Å². The van der Waals surface area contributed by atoms with Crippen molar-refractivity contribution in [1.29, 1.82) is 0 Å². The second kappa shape index (κ2) is 10.9. The molecule has 0 aliphatic rings. The Kier molecular flexibility index (Phi) is 14.2. The van der Waals surface area contributed by atoms with Gasteiger partial charge in [-0.15, -0.1) is 6.58 Å². The van der Waals surface area contributed by atoms with E-state index in [0.29, 0.717) is 0 Å². The van der Waals surface area contributed by atoms with E-state index in [1.54, 1.807) is 6.92 Å². The molecule has 0 saturated heterocycles. The Labute approximate surface area is 93.9 Å². The molecule has 100 valence electrons. The summed E-state index contributed by atoms with van der Waals surface area (Å²) < 4.78 is 62.6. The third kappa shape index (κ3) is 106. The van der Waals surface area contributed by atoms with Crippen LogP contribution in [0.15, 0.2) is 12.7 Å². The minimum atomic E-state index is -4.67. The third-order valence-electron chi connectivity index (χ3n) is 0.335. The second-order valence-electron chi connectivity index (χ2n) is 1.76. The quantitative estimate of drug-likeness (QED) is 0.389. The van der Waals surface area contributed by atoms with Crippen molar-refractivity contribution in [3.63, 3.8) is 0 Å². The number of aliphatic hydroxyl groups excluding tert-OH is 1. The van der Waals surface area contributed by atoms with Gasteiger partial charge in [0.25, 0.3) is 0 Å². The Morgan fingerprint density at radius 1 is 1.19 bits per heavy atom. The van der Waals surface area contributed by atoms with Gasteiger partial charge < -0.3 is 5.11 Å². The Hall–Kier alpha value is -0.560. The topological polar surface area (TPSA) is 158 Å². The van der Waals surface area contributed by atoms with Crippen molar-refractivity contribution in [2.24, 2.45) is 0 Å². The number of aliphatic hydroxyl groups is 1. The zero-order valence-electron chi connectivity index (χ0n) is 8.35. The molecule has 0 aliphatic carbocycles. The predicted octanol–water partition coefficient (Wildman–Crippen LogP) is -0.662. The van der Waals surface area contributed by atoms with Crippen LogP contribution in [0.4, 0.5) is 0 Å². The van der Waals surface area contributed by atoms with Gasteiger partial charge in [-0.3, -0.25) is 13.7 Å². The van der Waals surface area contributed by atoms with Gasteiger partial charge >= 0.3 is 20.8 Å². The lowest BCUT2D eigenvalue weighted by molar-refractivity contribution is 0.296. The van der Waals surface area contributed by atoms with Crippen LogP contribution in [0.25, 0.3) is 0 Å². The molecule has 0 aromatic carbocycles. The summed E-state index contributed by atoms with van der Waals surface area (Å²) >= 11 is 0. The largest absolute Gasteiger partial charge is 0.397 e. The van der Waals surface area contributed by atoms with E-state index in [2.05, 4.69) is 10.8 Å². The summed E-state index contributed by atoms with van der Waals surface area (Å²) in [5, 5.41) is 7.57. The normalized spacial score (nSPS) is 10.3. The van der Waals surface area contributed by atoms with Crippen LogP contribution in [0, 0.1) is 0 Å². The summed E-state index contributed by atoms with van der Waals surface area (Å²) in [5.41, 5.74) is 0. The highest BCUT2D eigenvalue weighted by Crippen LogP contribution is 1.83. The first kappa shape index (κ1) is 20.8. The van der Waals surface area contributed by atoms with Crippen molar-refractivity contribution in [2.75, 3.05) is 13.2 Å². The molecule has 0 aliphatic heterocycles. The van der Waals surface area contributed by atoms with Gasteiger partial charge in [-0.25, -0.2) is 4.18 Å². The van der Waals surface area contributed by atoms with Gasteiger partial charge in [0.15, 0.2) is 0 Å². The Bertz CT molecular complexity index is 332. The van der Waals surface area contributed by atoms with E-state index < -0.39 is 20.8 Å². The maximum Gasteiger partial charge on any atom is 0.397 e. The van der Waals surface area contributed by atoms with Crippen LogP contribution in [0.2, 0.25) is 0 Å². The van der Waals surface area contributed by atoms with Crippen LogP contribution < -0.4 is 0 Å². The van der Waals surface area contributed by atoms with E-state index in [-0.39, 0.29) is 13.2 Å². The zero-order chi connectivity index (χ0) is 13.8. The van der Waals surface area contributed by atoms with Crippen LogP contribution in [0.1, 0.15) is 6.92 Å². The average Bonchev–Trinajstić information content (AvgIpc) is 1.97. The first-order chi connectivity index (χ1) is 6.97. The number of rotatable bonds is 3. The highest BCUT2D eigenvalue weighted by molar-refractivity contribution is 7.80. The number of hydrogen-bond acceptors (Lipinski definition) is 6. The molecule has 0 bridgehead atoms. The molecule has 0 atom stereocenters. The highest BCUT2D eigenvalue weighted by Gasteiger charge is 1.99. The SMILES string of the molecule is C=CCOS(=O)(=O)O.CCO.O=S(=O)(O)O. The van der Waals surface area contributed by atoms with Crippen molar-refractivity contribution < 1.29 is 39.8 Å². The van der Waals surface area contributed by atoms with Crippen molar-refractivity contribution in [2.45, 2.75) is 6.92 Å². The molecule has 0 fully saturated rings. The van der Waals surface area contributed by atoms with Crippen LogP contribution in [-0.4, -0.2) is 48.8 Å². The lowest BCUT2D eigenvalue weighted by atomic mass is 10.7. The summed E-state index contributed by atoms with van der Waals surface area (Å²) in [6, 6.07) is 0. The summed E-state index contributed by atoms with van der Waals surface area (Å²) in [5.74, 6) is 0. The van der Waals surface area contributed by atoms with Gasteiger partial charge in [-0.05, 0) is 6.92 Å². The molecular weight excluding hydrogens is 268 g/mol. The average molecular weight is 282 g/mol. The molecule has 0 radical (unpaired) electrons. The second-order valence-corrected chi connectivity index (χ2v) is 3.75. The predicted molar refractivity (Wildman–Crippen MR) is 54.6 cm³/mol. The van der Waals surface area contributed by atoms with Crippen molar-refractivity contribution in [1.82, 2.24) is 0 Å². The molecule has 11 heteroatoms. The first-order valence-electron chi connectivity index (χ1n) is 3.51. The Morgan fingerprint density at radius 3 is 1.50 bits per heavy atom. The van der Waals surface area contributed by atoms with E-state index in [4.69, 9.17) is 27.2 Å². The third-order valence-corrected chi connectivity index (χ3v) is 0.769. The fraction of sp³-hybridized carbons (Fsp3) is 0.600. The van der Waals surface area contributed by atoms with Gasteiger partial charge in [0.1, 0.15) is 0 Å². The maximum absolute atomic E-state index is 9.68. The van der Waals surface area contributed by atoms with Gasteiger partial charge in [-0.2, -0.15) is 16.8 Å². The summed E-state index contributed by atoms with van der Waals surface area (Å²) in [4.78, 5) is 0. The minimum absolute atomic E-state index is 0.196. The molecule has 16 heavy (non-hydrogen) atoms. The van der Waals surface area contributed by atoms with Crippen molar-refractivity contribution in [3.8, 4) is 0 Å². The van der Waals surface area contributed by atoms with Gasteiger partial charge in [0.05, 0.1) is 6.61 Å². The molecule has 0 unspecified atom stereocenters. The summed E-state index contributed by atoms with van der Waals surface area (Å²) in [7, 11) is -8.92. The highest BCUT2D eigenvalue weighted by atomic mass is 32.3. The summed E-state index contributed by atoms with van der Waals surface area (Å²) in [6.45, 7) is 4.90. The zero-order valence-corrected chi connectivity index (χ0v) is 9.98. The molecule has 0 rings (SSSR count). The van der Waals surface area contributed by atoms with Crippen LogP contribution in [0.3, 0.4) is 0 Å². The Morgan fingerprint density at radius 2 is 1.44 bits per heavy atom. The summed E-state index contributed by atoms with van der Waals surface area (Å²) in [6.07, 6.45) is 1.22. The molecule has 4 N–H and O–H groups in total. The van der Waals surface area contributed by atoms with Crippen LogP contribution in [0.5, 0.6) is 0 Å². The smallest absolute Gasteiger partial charge is 0.397 e. The molecule has 0 saturated carbocycles. The lowest BCUT2D eigenvalue weighted by Gasteiger charge is -1.90. The van der Waals surface area contributed by atoms with E-state index in [1.807, 2.05) is 0 Å². The standard InChI is InChI=1S/C3H6O4S.C2H6O.H2O4S/c1-2-3-7-8(4,5)6;1-2-3;1-5(2,3)4/h2H,1,3H2,(H,4,5,6);3H,2H2,1H3;(H2,1,2,3,4). The molecule has 9 nitrogen and oxygen atoms in total. The number of hydrogen-bond donors (Lipinski definition) is 4. The molecule has 0 aromatic rings. The fourth-order valence-electron chi connectivity index (χ4n) is 0.134. The van der Waals surface area contributed by atoms with Crippen LogP contribution in [-0.2, 0) is 25.0 Å².